The molecular weight excluding hydrogens is 719 g/mol. The highest BCUT2D eigenvalue weighted by atomic mass is 127. The Morgan fingerprint density at radius 2 is 1.79 bits per heavy atom. The highest BCUT2D eigenvalue weighted by Gasteiger charge is 2.41. The Morgan fingerprint density at radius 1 is 1.02 bits per heavy atom. The first-order valence-corrected chi connectivity index (χ1v) is 16.1. The molecule has 1 aliphatic rings. The van der Waals surface area contributed by atoms with Crippen molar-refractivity contribution in [2.24, 2.45) is 0 Å². The lowest BCUT2D eigenvalue weighted by Gasteiger charge is -2.40. The number of rotatable bonds is 12. The number of para-hydroxylation sites is 2. The summed E-state index contributed by atoms with van der Waals surface area (Å²) < 4.78 is 23.5. The van der Waals surface area contributed by atoms with Gasteiger partial charge in [-0.05, 0) is 83.1 Å². The molecule has 12 heteroatoms. The average molecular weight is 755 g/mol. The molecule has 0 aliphatic heterocycles. The van der Waals surface area contributed by atoms with E-state index >= 15 is 0 Å². The number of nitrogens with one attached hydrogen (secondary N) is 1. The van der Waals surface area contributed by atoms with Crippen LogP contribution < -0.4 is 25.2 Å². The van der Waals surface area contributed by atoms with Crippen molar-refractivity contribution in [1.29, 1.82) is 0 Å². The van der Waals surface area contributed by atoms with Gasteiger partial charge in [-0.15, -0.1) is 0 Å². The maximum atomic E-state index is 14.4. The number of hydrogen-bond donors (Lipinski definition) is 3. The first-order chi connectivity index (χ1) is 22.7. The molecule has 1 aromatic heterocycles. The summed E-state index contributed by atoms with van der Waals surface area (Å²) in [6.45, 7) is -0.225. The molecule has 0 bridgehead atoms. The zero-order valence-corrected chi connectivity index (χ0v) is 28.0. The largest absolute Gasteiger partial charge is 0.497 e. The van der Waals surface area contributed by atoms with Crippen molar-refractivity contribution in [3.8, 4) is 17.2 Å². The predicted octanol–water partition coefficient (Wildman–Crippen LogP) is 3.72. The summed E-state index contributed by atoms with van der Waals surface area (Å²) in [5, 5.41) is 24.4. The maximum Gasteiger partial charge on any atom is 0.349 e. The number of methoxy groups -OCH3 is 2. The molecular formula is C35H35IN2O9. The number of hydrogen-bond acceptors (Lipinski definition) is 9. The highest BCUT2D eigenvalue weighted by molar-refractivity contribution is 14.1. The van der Waals surface area contributed by atoms with Crippen LogP contribution in [0.25, 0.3) is 11.0 Å². The summed E-state index contributed by atoms with van der Waals surface area (Å²) in [7, 11) is 3.08. The molecule has 47 heavy (non-hydrogen) atoms. The summed E-state index contributed by atoms with van der Waals surface area (Å²) in [5.41, 5.74) is 0.266. The highest BCUT2D eigenvalue weighted by Crippen LogP contribution is 2.31. The normalized spacial score (nSPS) is 17.5. The van der Waals surface area contributed by atoms with Crippen LogP contribution in [0, 0.1) is 3.57 Å². The first-order valence-electron chi connectivity index (χ1n) is 15.0. The monoisotopic (exact) mass is 754 g/mol. The number of amides is 2. The lowest BCUT2D eigenvalue weighted by atomic mass is 9.87. The van der Waals surface area contributed by atoms with Gasteiger partial charge in [-0.2, -0.15) is 0 Å². The van der Waals surface area contributed by atoms with Gasteiger partial charge in [0.25, 0.3) is 5.91 Å². The standard InChI is InChI=1S/C35H35IN2O9/c1-44-24-11-12-28(45-2)22(17-24)13-15-38(34(42)25-18-21-7-3-5-9-29(21)47-35(25)43)27-19-23(33(41)37-14-16-39)20-31(32(27)40)46-30-10-6-4-8-26(30)36/h3-12,17-18,20,27,31-32,39-40H,13-16,19H2,1-2H3,(H,37,41)/t27-,31+,32+/m1/s1. The smallest absolute Gasteiger partial charge is 0.349 e. The lowest BCUT2D eigenvalue weighted by Crippen LogP contribution is -2.56. The van der Waals surface area contributed by atoms with Crippen molar-refractivity contribution in [2.75, 3.05) is 33.9 Å². The van der Waals surface area contributed by atoms with E-state index in [9.17, 15) is 24.6 Å². The van der Waals surface area contributed by atoms with Crippen LogP contribution in [0.2, 0.25) is 0 Å². The number of fused-ring (bicyclic) bond motifs is 1. The topological polar surface area (TPSA) is 148 Å². The van der Waals surface area contributed by atoms with Gasteiger partial charge >= 0.3 is 5.63 Å². The minimum absolute atomic E-state index is 0.0158. The SMILES string of the molecule is COc1ccc(OC)c(CCN(C(=O)c2cc3ccccc3oc2=O)[C@@H]2CC(C(=O)NCCO)=C[C@H](Oc3ccccc3I)[C@H]2O)c1. The molecule has 0 spiro atoms. The summed E-state index contributed by atoms with van der Waals surface area (Å²) in [6, 6.07) is 19.9. The van der Waals surface area contributed by atoms with Crippen molar-refractivity contribution in [3.05, 3.63) is 110 Å². The number of aliphatic hydroxyl groups is 2. The van der Waals surface area contributed by atoms with E-state index in [0.717, 1.165) is 9.13 Å². The van der Waals surface area contributed by atoms with E-state index in [1.165, 1.54) is 24.2 Å². The van der Waals surface area contributed by atoms with Crippen LogP contribution in [-0.4, -0.2) is 79.1 Å². The van der Waals surface area contributed by atoms with Gasteiger partial charge in [0.1, 0.15) is 40.6 Å². The molecule has 0 saturated carbocycles. The molecule has 2 amide bonds. The van der Waals surface area contributed by atoms with Gasteiger partial charge in [-0.3, -0.25) is 9.59 Å². The Balaban J connectivity index is 1.58. The van der Waals surface area contributed by atoms with Crippen molar-refractivity contribution < 1.29 is 38.4 Å². The van der Waals surface area contributed by atoms with E-state index in [1.54, 1.807) is 61.7 Å². The van der Waals surface area contributed by atoms with Gasteiger partial charge in [0.05, 0.1) is 30.4 Å². The third-order valence-electron chi connectivity index (χ3n) is 7.96. The van der Waals surface area contributed by atoms with Crippen molar-refractivity contribution in [1.82, 2.24) is 10.2 Å². The van der Waals surface area contributed by atoms with E-state index in [1.807, 2.05) is 12.1 Å². The second-order valence-corrected chi connectivity index (χ2v) is 12.0. The van der Waals surface area contributed by atoms with Crippen molar-refractivity contribution in [3.63, 3.8) is 0 Å². The molecule has 0 saturated heterocycles. The van der Waals surface area contributed by atoms with Crippen LogP contribution in [-0.2, 0) is 11.2 Å². The predicted molar refractivity (Wildman–Crippen MR) is 183 cm³/mol. The minimum Gasteiger partial charge on any atom is -0.497 e. The third-order valence-corrected chi connectivity index (χ3v) is 8.85. The minimum atomic E-state index is -1.30. The second-order valence-electron chi connectivity index (χ2n) is 10.9. The van der Waals surface area contributed by atoms with E-state index in [4.69, 9.17) is 18.6 Å². The average Bonchev–Trinajstić information content (AvgIpc) is 3.08. The molecule has 1 heterocycles. The number of carbonyl (C=O) groups is 2. The number of nitrogens with zero attached hydrogens (tertiary/aromatic N) is 1. The van der Waals surface area contributed by atoms with Crippen molar-refractivity contribution in [2.45, 2.75) is 31.1 Å². The molecule has 3 aromatic carbocycles. The zero-order valence-electron chi connectivity index (χ0n) is 25.9. The summed E-state index contributed by atoms with van der Waals surface area (Å²) in [4.78, 5) is 42.3. The van der Waals surface area contributed by atoms with Gasteiger partial charge in [0.2, 0.25) is 5.91 Å². The Kier molecular flexibility index (Phi) is 11.2. The number of carbonyl (C=O) groups excluding carboxylic acids is 2. The fourth-order valence-electron chi connectivity index (χ4n) is 5.57. The van der Waals surface area contributed by atoms with Crippen LogP contribution in [0.15, 0.2) is 93.7 Å². The van der Waals surface area contributed by atoms with E-state index in [2.05, 4.69) is 27.9 Å². The Hall–Kier alpha value is -4.40. The molecule has 246 valence electrons. The van der Waals surface area contributed by atoms with Gasteiger partial charge in [0.15, 0.2) is 0 Å². The number of benzene rings is 3. The van der Waals surface area contributed by atoms with Crippen LogP contribution in [0.1, 0.15) is 22.3 Å². The second kappa shape index (κ2) is 15.5. The van der Waals surface area contributed by atoms with Gasteiger partial charge in [-0.1, -0.05) is 30.3 Å². The molecule has 0 radical (unpaired) electrons. The summed E-state index contributed by atoms with van der Waals surface area (Å²) >= 11 is 2.11. The van der Waals surface area contributed by atoms with E-state index in [0.29, 0.717) is 28.2 Å². The van der Waals surface area contributed by atoms with Crippen LogP contribution in [0.4, 0.5) is 0 Å². The molecule has 5 rings (SSSR count). The van der Waals surface area contributed by atoms with E-state index in [-0.39, 0.29) is 43.7 Å². The van der Waals surface area contributed by atoms with E-state index < -0.39 is 35.7 Å². The van der Waals surface area contributed by atoms with Crippen molar-refractivity contribution >= 4 is 45.4 Å². The first kappa shape index (κ1) is 33.9. The fraction of sp³-hybridized carbons (Fsp3) is 0.286. The molecule has 1 aliphatic carbocycles. The summed E-state index contributed by atoms with van der Waals surface area (Å²) in [6.07, 6.45) is -0.594. The molecule has 3 N–H and O–H groups in total. The van der Waals surface area contributed by atoms with Gasteiger partial charge in [-0.25, -0.2) is 4.79 Å². The molecule has 0 fully saturated rings. The Labute approximate surface area is 284 Å². The zero-order chi connectivity index (χ0) is 33.5. The van der Waals surface area contributed by atoms with Gasteiger partial charge in [0, 0.05) is 30.5 Å². The fourth-order valence-corrected chi connectivity index (χ4v) is 6.08. The van der Waals surface area contributed by atoms with Crippen LogP contribution >= 0.6 is 22.6 Å². The molecule has 0 unspecified atom stereocenters. The maximum absolute atomic E-state index is 14.4. The van der Waals surface area contributed by atoms with Crippen LogP contribution in [0.5, 0.6) is 17.2 Å². The van der Waals surface area contributed by atoms with Crippen LogP contribution in [0.3, 0.4) is 0 Å². The molecule has 3 atom stereocenters. The number of aliphatic hydroxyl groups excluding tert-OH is 2. The quantitative estimate of drug-likeness (QED) is 0.146. The van der Waals surface area contributed by atoms with Gasteiger partial charge < -0.3 is 39.1 Å². The number of halogens is 1. The molecule has 4 aromatic rings. The lowest BCUT2D eigenvalue weighted by molar-refractivity contribution is -0.118. The Morgan fingerprint density at radius 3 is 2.53 bits per heavy atom. The third kappa shape index (κ3) is 7.77. The summed E-state index contributed by atoms with van der Waals surface area (Å²) in [5.74, 6) is 0.484. The Bertz CT molecular complexity index is 1840. The molecule has 11 nitrogen and oxygen atoms in total. The number of ether oxygens (including phenoxy) is 3.